The zero-order valence-corrected chi connectivity index (χ0v) is 6.87. The van der Waals surface area contributed by atoms with Crippen molar-refractivity contribution in [3.8, 4) is 0 Å². The molecule has 1 N–H and O–H groups in total. The van der Waals surface area contributed by atoms with Crippen LogP contribution < -0.4 is 4.72 Å². The number of aldehydes is 1. The minimum Gasteiger partial charge on any atom is -0.303 e. The summed E-state index contributed by atoms with van der Waals surface area (Å²) in [7, 11) is 0. The Morgan fingerprint density at radius 3 is 2.44 bits per heavy atom. The van der Waals surface area contributed by atoms with Crippen molar-refractivity contribution < 1.29 is 4.79 Å². The fourth-order valence-corrected chi connectivity index (χ4v) is 0.998. The van der Waals surface area contributed by atoms with Gasteiger partial charge in [-0.15, -0.1) is 0 Å². The summed E-state index contributed by atoms with van der Waals surface area (Å²) in [6.07, 6.45) is 2.92. The summed E-state index contributed by atoms with van der Waals surface area (Å²) in [5, 5.41) is 0. The van der Waals surface area contributed by atoms with E-state index in [9.17, 15) is 4.79 Å². The highest BCUT2D eigenvalue weighted by Gasteiger charge is 2.08. The van der Waals surface area contributed by atoms with Crippen molar-refractivity contribution in [2.45, 2.75) is 19.9 Å². The van der Waals surface area contributed by atoms with E-state index in [4.69, 9.17) is 0 Å². The molecule has 0 amide bonds. The molecule has 0 bridgehead atoms. The van der Waals surface area contributed by atoms with E-state index in [-0.39, 0.29) is 12.0 Å². The monoisotopic (exact) mass is 147 g/mol. The maximum atomic E-state index is 10.2. The third-order valence-corrected chi connectivity index (χ3v) is 1.91. The molecule has 2 atom stereocenters. The van der Waals surface area contributed by atoms with Crippen LogP contribution in [-0.4, -0.2) is 18.6 Å². The topological polar surface area (TPSA) is 29.1 Å². The van der Waals surface area contributed by atoms with Crippen LogP contribution in [-0.2, 0) is 4.79 Å². The van der Waals surface area contributed by atoms with Crippen LogP contribution in [0.1, 0.15) is 13.8 Å². The second-order valence-electron chi connectivity index (χ2n) is 2.11. The number of hydrogen-bond donors (Lipinski definition) is 1. The maximum absolute atomic E-state index is 10.2. The lowest BCUT2D eigenvalue weighted by atomic mass is 10.1. The normalized spacial score (nSPS) is 16.8. The average molecular weight is 147 g/mol. The Labute approximate surface area is 60.5 Å². The predicted molar refractivity (Wildman–Crippen MR) is 41.3 cm³/mol. The molecule has 0 rings (SSSR count). The minimum absolute atomic E-state index is 0.109. The molecule has 0 spiro atoms. The van der Waals surface area contributed by atoms with Crippen LogP contribution in [0.2, 0.25) is 0 Å². The van der Waals surface area contributed by atoms with Gasteiger partial charge >= 0.3 is 0 Å². The summed E-state index contributed by atoms with van der Waals surface area (Å²) in [4.78, 5) is 10.2. The minimum atomic E-state index is 0.109. The van der Waals surface area contributed by atoms with E-state index in [0.717, 1.165) is 6.29 Å². The molecule has 0 aromatic heterocycles. The largest absolute Gasteiger partial charge is 0.303 e. The fraction of sp³-hybridized carbons (Fsp3) is 0.833. The SMILES string of the molecule is CSN[C@H](C)C(C)C=O. The molecule has 0 aromatic carbocycles. The Bertz CT molecular complexity index is 87.1. The van der Waals surface area contributed by atoms with Crippen LogP contribution in [0.15, 0.2) is 0 Å². The first kappa shape index (κ1) is 8.98. The van der Waals surface area contributed by atoms with Crippen molar-refractivity contribution in [1.29, 1.82) is 0 Å². The second-order valence-corrected chi connectivity index (χ2v) is 2.75. The van der Waals surface area contributed by atoms with Crippen molar-refractivity contribution in [2.75, 3.05) is 6.26 Å². The summed E-state index contributed by atoms with van der Waals surface area (Å²) in [5.74, 6) is 0.109. The van der Waals surface area contributed by atoms with Gasteiger partial charge in [-0.3, -0.25) is 4.72 Å². The van der Waals surface area contributed by atoms with Crippen molar-refractivity contribution in [2.24, 2.45) is 5.92 Å². The third-order valence-electron chi connectivity index (χ3n) is 1.31. The van der Waals surface area contributed by atoms with Gasteiger partial charge in [-0.05, 0) is 13.2 Å². The standard InChI is InChI=1S/C6H13NOS/c1-5(4-8)6(2)7-9-3/h4-7H,1-3H3/t5?,6-/m1/s1. The predicted octanol–water partition coefficient (Wildman–Crippen LogP) is 1.08. The number of carbonyl (C=O) groups excluding carboxylic acids is 1. The van der Waals surface area contributed by atoms with E-state index in [1.54, 1.807) is 11.9 Å². The molecule has 0 saturated heterocycles. The van der Waals surface area contributed by atoms with Crippen molar-refractivity contribution in [1.82, 2.24) is 4.72 Å². The Kier molecular flexibility index (Phi) is 4.81. The van der Waals surface area contributed by atoms with Gasteiger partial charge in [-0.2, -0.15) is 0 Å². The molecule has 1 unspecified atom stereocenters. The fourth-order valence-electron chi connectivity index (χ4n) is 0.411. The molecule has 0 aliphatic carbocycles. The van der Waals surface area contributed by atoms with Gasteiger partial charge in [0.05, 0.1) is 0 Å². The van der Waals surface area contributed by atoms with Gasteiger partial charge in [0.15, 0.2) is 0 Å². The van der Waals surface area contributed by atoms with Gasteiger partial charge in [0.2, 0.25) is 0 Å². The molecule has 0 radical (unpaired) electrons. The lowest BCUT2D eigenvalue weighted by molar-refractivity contribution is -0.111. The highest BCUT2D eigenvalue weighted by atomic mass is 32.2. The molecule has 0 aromatic rings. The van der Waals surface area contributed by atoms with E-state index in [1.165, 1.54) is 0 Å². The number of carbonyl (C=O) groups is 1. The molecule has 0 fully saturated rings. The molecule has 0 aliphatic rings. The quantitative estimate of drug-likeness (QED) is 0.476. The van der Waals surface area contributed by atoms with Gasteiger partial charge < -0.3 is 4.79 Å². The highest BCUT2D eigenvalue weighted by Crippen LogP contribution is 2.00. The number of nitrogens with one attached hydrogen (secondary N) is 1. The van der Waals surface area contributed by atoms with Crippen LogP contribution in [0.3, 0.4) is 0 Å². The molecule has 3 heteroatoms. The number of rotatable bonds is 4. The molecule has 9 heavy (non-hydrogen) atoms. The molecular formula is C6H13NOS. The van der Waals surface area contributed by atoms with Gasteiger partial charge in [-0.1, -0.05) is 18.9 Å². The zero-order valence-electron chi connectivity index (χ0n) is 6.05. The van der Waals surface area contributed by atoms with Crippen molar-refractivity contribution in [3.63, 3.8) is 0 Å². The molecule has 2 nitrogen and oxygen atoms in total. The van der Waals surface area contributed by atoms with Crippen LogP contribution in [0.4, 0.5) is 0 Å². The summed E-state index contributed by atoms with van der Waals surface area (Å²) < 4.78 is 3.08. The second kappa shape index (κ2) is 4.82. The summed E-state index contributed by atoms with van der Waals surface area (Å²) >= 11 is 1.54. The highest BCUT2D eigenvalue weighted by molar-refractivity contribution is 7.96. The Hall–Kier alpha value is -0.0200. The summed E-state index contributed by atoms with van der Waals surface area (Å²) in [6.45, 7) is 3.90. The van der Waals surface area contributed by atoms with E-state index in [2.05, 4.69) is 4.72 Å². The average Bonchev–Trinajstić information content (AvgIpc) is 1.87. The van der Waals surface area contributed by atoms with Crippen LogP contribution in [0, 0.1) is 5.92 Å². The van der Waals surface area contributed by atoms with Crippen LogP contribution in [0.5, 0.6) is 0 Å². The molecule has 0 heterocycles. The van der Waals surface area contributed by atoms with Crippen LogP contribution in [0.25, 0.3) is 0 Å². The van der Waals surface area contributed by atoms with Gasteiger partial charge in [0, 0.05) is 12.0 Å². The van der Waals surface area contributed by atoms with Gasteiger partial charge in [0.25, 0.3) is 0 Å². The van der Waals surface area contributed by atoms with E-state index >= 15 is 0 Å². The third kappa shape index (κ3) is 3.54. The van der Waals surface area contributed by atoms with E-state index in [1.807, 2.05) is 20.1 Å². The molecule has 0 saturated carbocycles. The summed E-state index contributed by atoms with van der Waals surface area (Å²) in [5.41, 5.74) is 0. The Balaban J connectivity index is 3.44. The first-order chi connectivity index (χ1) is 4.22. The zero-order chi connectivity index (χ0) is 7.28. The first-order valence-corrected chi connectivity index (χ1v) is 4.18. The maximum Gasteiger partial charge on any atom is 0.124 e. The van der Waals surface area contributed by atoms with E-state index in [0.29, 0.717) is 0 Å². The Morgan fingerprint density at radius 2 is 2.11 bits per heavy atom. The lowest BCUT2D eigenvalue weighted by Gasteiger charge is -2.13. The molecule has 54 valence electrons. The Morgan fingerprint density at radius 1 is 1.56 bits per heavy atom. The molecular weight excluding hydrogens is 134 g/mol. The molecule has 0 aliphatic heterocycles. The lowest BCUT2D eigenvalue weighted by Crippen LogP contribution is -2.27. The smallest absolute Gasteiger partial charge is 0.124 e. The van der Waals surface area contributed by atoms with Gasteiger partial charge in [0.1, 0.15) is 6.29 Å². The van der Waals surface area contributed by atoms with Crippen molar-refractivity contribution in [3.05, 3.63) is 0 Å². The number of hydrogen-bond acceptors (Lipinski definition) is 3. The van der Waals surface area contributed by atoms with E-state index < -0.39 is 0 Å². The van der Waals surface area contributed by atoms with Crippen molar-refractivity contribution >= 4 is 18.2 Å². The first-order valence-electron chi connectivity index (χ1n) is 2.96. The summed E-state index contributed by atoms with van der Waals surface area (Å²) in [6, 6.07) is 0.275. The van der Waals surface area contributed by atoms with Gasteiger partial charge in [-0.25, -0.2) is 0 Å². The van der Waals surface area contributed by atoms with Crippen LogP contribution >= 0.6 is 11.9 Å².